The van der Waals surface area contributed by atoms with Crippen molar-refractivity contribution < 1.29 is 4.79 Å². The number of hydrogen-bond acceptors (Lipinski definition) is 4. The van der Waals surface area contributed by atoms with Gasteiger partial charge in [-0.25, -0.2) is 4.68 Å². The van der Waals surface area contributed by atoms with Gasteiger partial charge in [-0.1, -0.05) is 6.92 Å². The Kier molecular flexibility index (Phi) is 3.88. The highest BCUT2D eigenvalue weighted by molar-refractivity contribution is 6.19. The largest absolute Gasteiger partial charge is 0.326 e. The van der Waals surface area contributed by atoms with E-state index in [9.17, 15) is 4.79 Å². The molecule has 0 fully saturated rings. The van der Waals surface area contributed by atoms with Crippen molar-refractivity contribution in [2.45, 2.75) is 6.92 Å². The third-order valence-electron chi connectivity index (χ3n) is 2.43. The average Bonchev–Trinajstić information content (AvgIpc) is 2.92. The SMILES string of the molecule is CC(CCl)C(=O)Nc1ccc(-n2cnnn2)cc1. The maximum absolute atomic E-state index is 11.6. The Labute approximate surface area is 109 Å². The molecule has 1 heterocycles. The number of benzene rings is 1. The molecule has 2 rings (SSSR count). The number of anilines is 1. The minimum absolute atomic E-state index is 0.0971. The topological polar surface area (TPSA) is 72.7 Å². The quantitative estimate of drug-likeness (QED) is 0.850. The zero-order valence-electron chi connectivity index (χ0n) is 9.75. The fourth-order valence-electron chi connectivity index (χ4n) is 1.31. The minimum atomic E-state index is -0.217. The number of hydrogen-bond donors (Lipinski definition) is 1. The summed E-state index contributed by atoms with van der Waals surface area (Å²) in [6, 6.07) is 7.21. The second-order valence-corrected chi connectivity index (χ2v) is 4.15. The number of alkyl halides is 1. The van der Waals surface area contributed by atoms with E-state index in [0.717, 1.165) is 5.69 Å². The molecular weight excluding hydrogens is 254 g/mol. The number of carbonyl (C=O) groups excluding carboxylic acids is 1. The van der Waals surface area contributed by atoms with Crippen LogP contribution in [0.25, 0.3) is 5.69 Å². The molecule has 1 atom stereocenters. The molecule has 0 radical (unpaired) electrons. The average molecular weight is 266 g/mol. The van der Waals surface area contributed by atoms with Crippen molar-refractivity contribution >= 4 is 23.2 Å². The Balaban J connectivity index is 2.06. The van der Waals surface area contributed by atoms with Gasteiger partial charge in [0.15, 0.2) is 0 Å². The number of halogens is 1. The highest BCUT2D eigenvalue weighted by Gasteiger charge is 2.11. The molecule has 1 aromatic carbocycles. The van der Waals surface area contributed by atoms with E-state index in [-0.39, 0.29) is 11.8 Å². The van der Waals surface area contributed by atoms with Crippen LogP contribution in [0.3, 0.4) is 0 Å². The normalized spacial score (nSPS) is 12.1. The molecule has 0 aliphatic rings. The van der Waals surface area contributed by atoms with E-state index in [2.05, 4.69) is 20.8 Å². The fraction of sp³-hybridized carbons (Fsp3) is 0.273. The molecule has 0 saturated carbocycles. The first-order chi connectivity index (χ1) is 8.70. The van der Waals surface area contributed by atoms with E-state index in [1.165, 1.54) is 11.0 Å². The van der Waals surface area contributed by atoms with E-state index < -0.39 is 0 Å². The zero-order chi connectivity index (χ0) is 13.0. The third kappa shape index (κ3) is 2.84. The van der Waals surface area contributed by atoms with E-state index in [1.54, 1.807) is 19.1 Å². The summed E-state index contributed by atoms with van der Waals surface area (Å²) in [7, 11) is 0. The molecule has 1 amide bonds. The molecule has 1 aromatic heterocycles. The number of amides is 1. The zero-order valence-corrected chi connectivity index (χ0v) is 10.5. The lowest BCUT2D eigenvalue weighted by molar-refractivity contribution is -0.118. The van der Waals surface area contributed by atoms with Gasteiger partial charge < -0.3 is 5.32 Å². The lowest BCUT2D eigenvalue weighted by Crippen LogP contribution is -2.21. The lowest BCUT2D eigenvalue weighted by Gasteiger charge is -2.09. The molecule has 94 valence electrons. The molecule has 0 aliphatic carbocycles. The van der Waals surface area contributed by atoms with Crippen LogP contribution in [0.5, 0.6) is 0 Å². The Hall–Kier alpha value is -1.95. The van der Waals surface area contributed by atoms with Crippen molar-refractivity contribution in [2.75, 3.05) is 11.2 Å². The van der Waals surface area contributed by atoms with Gasteiger partial charge in [-0.15, -0.1) is 16.7 Å². The molecule has 2 aromatic rings. The van der Waals surface area contributed by atoms with Crippen LogP contribution < -0.4 is 5.32 Å². The van der Waals surface area contributed by atoms with Gasteiger partial charge in [-0.05, 0) is 34.7 Å². The lowest BCUT2D eigenvalue weighted by atomic mass is 10.2. The van der Waals surface area contributed by atoms with Crippen LogP contribution in [0.4, 0.5) is 5.69 Å². The first-order valence-corrected chi connectivity index (χ1v) is 5.94. The molecule has 0 spiro atoms. The summed E-state index contributed by atoms with van der Waals surface area (Å²) in [5, 5.41) is 13.7. The van der Waals surface area contributed by atoms with Gasteiger partial charge in [-0.3, -0.25) is 4.79 Å². The maximum atomic E-state index is 11.6. The van der Waals surface area contributed by atoms with Gasteiger partial charge in [0.1, 0.15) is 6.33 Å². The van der Waals surface area contributed by atoms with Crippen LogP contribution >= 0.6 is 11.6 Å². The Bertz CT molecular complexity index is 511. The van der Waals surface area contributed by atoms with E-state index in [0.29, 0.717) is 11.6 Å². The van der Waals surface area contributed by atoms with Crippen molar-refractivity contribution in [1.82, 2.24) is 20.2 Å². The summed E-state index contributed by atoms with van der Waals surface area (Å²) in [5.74, 6) is -0.0137. The van der Waals surface area contributed by atoms with Gasteiger partial charge >= 0.3 is 0 Å². The minimum Gasteiger partial charge on any atom is -0.326 e. The summed E-state index contributed by atoms with van der Waals surface area (Å²) in [5.41, 5.74) is 1.54. The van der Waals surface area contributed by atoms with Crippen molar-refractivity contribution in [1.29, 1.82) is 0 Å². The highest BCUT2D eigenvalue weighted by Crippen LogP contribution is 2.13. The number of rotatable bonds is 4. The van der Waals surface area contributed by atoms with Crippen LogP contribution in [0.1, 0.15) is 6.92 Å². The maximum Gasteiger partial charge on any atom is 0.228 e. The smallest absolute Gasteiger partial charge is 0.228 e. The molecule has 6 nitrogen and oxygen atoms in total. The van der Waals surface area contributed by atoms with Gasteiger partial charge in [0.05, 0.1) is 5.69 Å². The summed E-state index contributed by atoms with van der Waals surface area (Å²) in [6.45, 7) is 1.78. The van der Waals surface area contributed by atoms with Crippen LogP contribution in [0.2, 0.25) is 0 Å². The molecule has 0 saturated heterocycles. The van der Waals surface area contributed by atoms with Gasteiger partial charge in [0.2, 0.25) is 5.91 Å². The molecule has 0 bridgehead atoms. The van der Waals surface area contributed by atoms with Crippen molar-refractivity contribution in [2.24, 2.45) is 5.92 Å². The number of aromatic nitrogens is 4. The number of nitrogens with zero attached hydrogens (tertiary/aromatic N) is 4. The van der Waals surface area contributed by atoms with E-state index in [1.807, 2.05) is 12.1 Å². The van der Waals surface area contributed by atoms with Gasteiger partial charge in [-0.2, -0.15) is 0 Å². The van der Waals surface area contributed by atoms with Crippen molar-refractivity contribution in [3.63, 3.8) is 0 Å². The molecule has 1 unspecified atom stereocenters. The number of nitrogens with one attached hydrogen (secondary N) is 1. The third-order valence-corrected chi connectivity index (χ3v) is 2.89. The first kappa shape index (κ1) is 12.5. The Morgan fingerprint density at radius 2 is 2.17 bits per heavy atom. The highest BCUT2D eigenvalue weighted by atomic mass is 35.5. The molecule has 1 N–H and O–H groups in total. The summed E-state index contributed by atoms with van der Waals surface area (Å²) >= 11 is 5.62. The fourth-order valence-corrected chi connectivity index (χ4v) is 1.45. The van der Waals surface area contributed by atoms with Crippen molar-refractivity contribution in [3.05, 3.63) is 30.6 Å². The predicted molar refractivity (Wildman–Crippen MR) is 67.7 cm³/mol. The van der Waals surface area contributed by atoms with E-state index in [4.69, 9.17) is 11.6 Å². The predicted octanol–water partition coefficient (Wildman–Crippen LogP) is 1.48. The second kappa shape index (κ2) is 5.59. The van der Waals surface area contributed by atoms with Crippen LogP contribution in [0, 0.1) is 5.92 Å². The van der Waals surface area contributed by atoms with Gasteiger partial charge in [0.25, 0.3) is 0 Å². The van der Waals surface area contributed by atoms with E-state index >= 15 is 0 Å². The van der Waals surface area contributed by atoms with Crippen LogP contribution in [0.15, 0.2) is 30.6 Å². The number of carbonyl (C=O) groups is 1. The molecule has 18 heavy (non-hydrogen) atoms. The number of tetrazole rings is 1. The summed E-state index contributed by atoms with van der Waals surface area (Å²) in [6.07, 6.45) is 1.50. The molecular formula is C11H12ClN5O. The molecule has 7 heteroatoms. The summed E-state index contributed by atoms with van der Waals surface area (Å²) in [4.78, 5) is 11.6. The standard InChI is InChI=1S/C11H12ClN5O/c1-8(6-12)11(18)14-9-2-4-10(5-3-9)17-7-13-15-16-17/h2-5,7-8H,6H2,1H3,(H,14,18). The Morgan fingerprint density at radius 3 is 2.72 bits per heavy atom. The van der Waals surface area contributed by atoms with Gasteiger partial charge in [0, 0.05) is 17.5 Å². The molecule has 0 aliphatic heterocycles. The first-order valence-electron chi connectivity index (χ1n) is 5.41. The summed E-state index contributed by atoms with van der Waals surface area (Å²) < 4.78 is 1.53. The second-order valence-electron chi connectivity index (χ2n) is 3.85. The Morgan fingerprint density at radius 1 is 1.44 bits per heavy atom. The van der Waals surface area contributed by atoms with Crippen LogP contribution in [-0.2, 0) is 4.79 Å². The van der Waals surface area contributed by atoms with Crippen molar-refractivity contribution in [3.8, 4) is 5.69 Å². The monoisotopic (exact) mass is 265 g/mol. The van der Waals surface area contributed by atoms with Crippen LogP contribution in [-0.4, -0.2) is 32.0 Å².